The molecule has 0 spiro atoms. The third-order valence-corrected chi connectivity index (χ3v) is 5.82. The number of anilines is 1. The monoisotopic (exact) mass is 474 g/mol. The lowest BCUT2D eigenvalue weighted by molar-refractivity contribution is -0.272. The molecule has 1 aliphatic rings. The number of carboxylic acids is 1. The van der Waals surface area contributed by atoms with Crippen molar-refractivity contribution in [2.45, 2.75) is 37.6 Å². The molecule has 2 aromatic rings. The number of methoxy groups -OCH3 is 1. The van der Waals surface area contributed by atoms with Crippen LogP contribution in [0.5, 0.6) is 5.75 Å². The van der Waals surface area contributed by atoms with E-state index in [1.54, 1.807) is 0 Å². The average molecular weight is 474 g/mol. The molecule has 3 rings (SSSR count). The quantitative estimate of drug-likeness (QED) is 0.633. The maximum atomic E-state index is 14.3. The van der Waals surface area contributed by atoms with Crippen LogP contribution < -0.4 is 10.1 Å². The van der Waals surface area contributed by atoms with Crippen molar-refractivity contribution >= 4 is 17.6 Å². The molecule has 1 amide bonds. The Balaban J connectivity index is 2.04. The number of nitrogens with zero attached hydrogens (tertiary/aromatic N) is 1. The highest BCUT2D eigenvalue weighted by molar-refractivity contribution is 5.95. The fraction of sp³-hybridized carbons (Fsp3) is 0.381. The highest BCUT2D eigenvalue weighted by Crippen LogP contribution is 2.54. The largest absolute Gasteiger partial charge is 0.493 e. The van der Waals surface area contributed by atoms with Gasteiger partial charge in [0.05, 0.1) is 19.0 Å². The van der Waals surface area contributed by atoms with Gasteiger partial charge < -0.3 is 19.9 Å². The highest BCUT2D eigenvalue weighted by atomic mass is 19.4. The minimum Gasteiger partial charge on any atom is -0.493 e. The van der Waals surface area contributed by atoms with Gasteiger partial charge in [0.2, 0.25) is 5.82 Å². The van der Waals surface area contributed by atoms with Crippen LogP contribution in [-0.2, 0) is 9.53 Å². The molecule has 0 aliphatic carbocycles. The Morgan fingerprint density at radius 1 is 1.21 bits per heavy atom. The van der Waals surface area contributed by atoms with Crippen molar-refractivity contribution in [2.24, 2.45) is 5.92 Å². The predicted molar refractivity (Wildman–Crippen MR) is 104 cm³/mol. The molecule has 178 valence electrons. The standard InChI is InChI=1S/C21H19F5N2O5/c1-9-14(11-5-6-12(22)15(23)16(11)32-3)17(33-20(9,2)21(24,25)26)18(29)28-10-4-7-13(19(30)31)27-8-10/h4-9,14,17H,1-3H3,(H,28,29)(H,30,31)/t9-,14-,17+,20+/m0/s1. The molecule has 1 saturated heterocycles. The molecule has 2 heterocycles. The Hall–Kier alpha value is -3.28. The third kappa shape index (κ3) is 4.22. The molecular formula is C21H19F5N2O5. The van der Waals surface area contributed by atoms with E-state index in [0.717, 1.165) is 38.4 Å². The topological polar surface area (TPSA) is 97.8 Å². The lowest BCUT2D eigenvalue weighted by Crippen LogP contribution is -2.47. The van der Waals surface area contributed by atoms with Gasteiger partial charge in [0.25, 0.3) is 5.91 Å². The molecule has 0 radical (unpaired) electrons. The summed E-state index contributed by atoms with van der Waals surface area (Å²) >= 11 is 0. The van der Waals surface area contributed by atoms with Gasteiger partial charge in [0.15, 0.2) is 17.2 Å². The van der Waals surface area contributed by atoms with Crippen LogP contribution in [0.3, 0.4) is 0 Å². The smallest absolute Gasteiger partial charge is 0.417 e. The molecule has 7 nitrogen and oxygen atoms in total. The number of pyridine rings is 1. The molecule has 1 aromatic carbocycles. The number of aromatic nitrogens is 1. The summed E-state index contributed by atoms with van der Waals surface area (Å²) < 4.78 is 79.9. The second-order valence-corrected chi connectivity index (χ2v) is 7.67. The van der Waals surface area contributed by atoms with Crippen LogP contribution in [0.2, 0.25) is 0 Å². The van der Waals surface area contributed by atoms with Gasteiger partial charge in [-0.15, -0.1) is 0 Å². The van der Waals surface area contributed by atoms with E-state index in [1.807, 2.05) is 0 Å². The fourth-order valence-electron chi connectivity index (χ4n) is 3.85. The van der Waals surface area contributed by atoms with E-state index in [4.69, 9.17) is 14.6 Å². The van der Waals surface area contributed by atoms with Crippen LogP contribution in [0.4, 0.5) is 27.6 Å². The Bertz CT molecular complexity index is 1080. The van der Waals surface area contributed by atoms with Crippen LogP contribution >= 0.6 is 0 Å². The lowest BCUT2D eigenvalue weighted by atomic mass is 9.77. The predicted octanol–water partition coefficient (Wildman–Crippen LogP) is 4.14. The summed E-state index contributed by atoms with van der Waals surface area (Å²) in [6.45, 7) is 1.96. The van der Waals surface area contributed by atoms with E-state index < -0.39 is 59.0 Å². The van der Waals surface area contributed by atoms with E-state index >= 15 is 0 Å². The summed E-state index contributed by atoms with van der Waals surface area (Å²) in [6.07, 6.45) is -5.66. The first-order valence-electron chi connectivity index (χ1n) is 9.58. The van der Waals surface area contributed by atoms with Crippen molar-refractivity contribution in [3.8, 4) is 5.75 Å². The molecule has 1 fully saturated rings. The van der Waals surface area contributed by atoms with Crippen LogP contribution in [-0.4, -0.2) is 47.0 Å². The number of halogens is 5. The minimum atomic E-state index is -4.89. The number of nitrogens with one attached hydrogen (secondary N) is 1. The zero-order chi connectivity index (χ0) is 24.7. The first-order chi connectivity index (χ1) is 15.3. The molecule has 0 saturated carbocycles. The zero-order valence-corrected chi connectivity index (χ0v) is 17.5. The normalized spacial score (nSPS) is 25.0. The summed E-state index contributed by atoms with van der Waals surface area (Å²) in [6, 6.07) is 4.06. The number of carbonyl (C=O) groups excluding carboxylic acids is 1. The highest BCUT2D eigenvalue weighted by Gasteiger charge is 2.65. The van der Waals surface area contributed by atoms with E-state index in [-0.39, 0.29) is 16.9 Å². The van der Waals surface area contributed by atoms with Crippen molar-refractivity contribution in [1.82, 2.24) is 4.98 Å². The van der Waals surface area contributed by atoms with Crippen molar-refractivity contribution in [2.75, 3.05) is 12.4 Å². The molecule has 12 heteroatoms. The minimum absolute atomic E-state index is 0.00198. The van der Waals surface area contributed by atoms with Gasteiger partial charge in [-0.3, -0.25) is 4.79 Å². The number of ether oxygens (including phenoxy) is 2. The molecular weight excluding hydrogens is 455 g/mol. The first kappa shape index (κ1) is 24.4. The fourth-order valence-corrected chi connectivity index (χ4v) is 3.85. The maximum Gasteiger partial charge on any atom is 0.417 e. The first-order valence-corrected chi connectivity index (χ1v) is 9.58. The van der Waals surface area contributed by atoms with Crippen molar-refractivity contribution < 1.29 is 46.1 Å². The molecule has 0 unspecified atom stereocenters. The van der Waals surface area contributed by atoms with Gasteiger partial charge in [-0.2, -0.15) is 17.6 Å². The van der Waals surface area contributed by atoms with E-state index in [1.165, 1.54) is 13.0 Å². The Labute approximate surface area is 184 Å². The molecule has 1 aromatic heterocycles. The number of rotatable bonds is 5. The number of carbonyl (C=O) groups is 2. The van der Waals surface area contributed by atoms with Gasteiger partial charge in [-0.25, -0.2) is 14.2 Å². The third-order valence-electron chi connectivity index (χ3n) is 5.82. The van der Waals surface area contributed by atoms with E-state index in [9.17, 15) is 31.5 Å². The van der Waals surface area contributed by atoms with Crippen LogP contribution in [0.25, 0.3) is 0 Å². The number of carboxylic acid groups (broad SMARTS) is 1. The molecule has 1 aliphatic heterocycles. The Morgan fingerprint density at radius 3 is 2.39 bits per heavy atom. The van der Waals surface area contributed by atoms with Crippen molar-refractivity contribution in [3.05, 3.63) is 53.4 Å². The van der Waals surface area contributed by atoms with Gasteiger partial charge >= 0.3 is 12.1 Å². The average Bonchev–Trinajstić information content (AvgIpc) is 3.02. The number of aromatic carboxylic acids is 1. The van der Waals surface area contributed by atoms with E-state index in [2.05, 4.69) is 10.3 Å². The van der Waals surface area contributed by atoms with E-state index in [0.29, 0.717) is 0 Å². The lowest BCUT2D eigenvalue weighted by Gasteiger charge is -2.32. The summed E-state index contributed by atoms with van der Waals surface area (Å²) in [4.78, 5) is 27.5. The number of amides is 1. The summed E-state index contributed by atoms with van der Waals surface area (Å²) in [5, 5.41) is 11.2. The second kappa shape index (κ2) is 8.58. The summed E-state index contributed by atoms with van der Waals surface area (Å²) in [7, 11) is 1.02. The molecule has 0 bridgehead atoms. The van der Waals surface area contributed by atoms with Crippen LogP contribution in [0, 0.1) is 17.6 Å². The van der Waals surface area contributed by atoms with Crippen LogP contribution in [0.1, 0.15) is 35.8 Å². The number of alkyl halides is 3. The van der Waals surface area contributed by atoms with Gasteiger partial charge in [-0.05, 0) is 25.1 Å². The summed E-state index contributed by atoms with van der Waals surface area (Å²) in [5.41, 5.74) is -3.27. The molecule has 4 atom stereocenters. The molecule has 33 heavy (non-hydrogen) atoms. The summed E-state index contributed by atoms with van der Waals surface area (Å²) in [5.74, 6) is -8.41. The van der Waals surface area contributed by atoms with Crippen molar-refractivity contribution in [1.29, 1.82) is 0 Å². The molecule has 2 N–H and O–H groups in total. The maximum absolute atomic E-state index is 14.3. The van der Waals surface area contributed by atoms with Gasteiger partial charge in [0, 0.05) is 17.4 Å². The van der Waals surface area contributed by atoms with Crippen molar-refractivity contribution in [3.63, 3.8) is 0 Å². The van der Waals surface area contributed by atoms with Crippen LogP contribution in [0.15, 0.2) is 30.5 Å². The Morgan fingerprint density at radius 2 is 1.88 bits per heavy atom. The second-order valence-electron chi connectivity index (χ2n) is 7.67. The SMILES string of the molecule is COc1c([C@H]2[C@H](C(=O)Nc3ccc(C(=O)O)nc3)O[C@@](C)(C(F)(F)F)[C@H]2C)ccc(F)c1F. The Kier molecular flexibility index (Phi) is 6.33. The van der Waals surface area contributed by atoms with Gasteiger partial charge in [0.1, 0.15) is 11.8 Å². The zero-order valence-electron chi connectivity index (χ0n) is 17.5. The number of benzene rings is 1. The van der Waals surface area contributed by atoms with Gasteiger partial charge in [-0.1, -0.05) is 13.0 Å². The number of hydrogen-bond donors (Lipinski definition) is 2. The number of hydrogen-bond acceptors (Lipinski definition) is 5.